The number of hydrogen-bond donors (Lipinski definition) is 0. The number of allylic oxidation sites excluding steroid dienone is 3. The van der Waals surface area contributed by atoms with Crippen LogP contribution >= 0.6 is 0 Å². The zero-order valence-electron chi connectivity index (χ0n) is 7.73. The molecular weight excluding hydrogens is 182 g/mol. The summed E-state index contributed by atoms with van der Waals surface area (Å²) in [7, 11) is 0. The minimum Gasteiger partial charge on any atom is -0.378 e. The third-order valence-corrected chi connectivity index (χ3v) is 2.30. The predicted octanol–water partition coefficient (Wildman–Crippen LogP) is -0.0895. The Labute approximate surface area is 81.8 Å². The van der Waals surface area contributed by atoms with E-state index in [4.69, 9.17) is 4.74 Å². The summed E-state index contributed by atoms with van der Waals surface area (Å²) in [6.07, 6.45) is 4.41. The van der Waals surface area contributed by atoms with Crippen LogP contribution in [0.15, 0.2) is 23.9 Å². The molecule has 2 rings (SSSR count). The Morgan fingerprint density at radius 3 is 2.43 bits per heavy atom. The second-order valence-electron chi connectivity index (χ2n) is 3.23. The van der Waals surface area contributed by atoms with Crippen molar-refractivity contribution in [3.05, 3.63) is 23.9 Å². The number of ketones is 2. The highest BCUT2D eigenvalue weighted by atomic mass is 16.5. The lowest BCUT2D eigenvalue weighted by Gasteiger charge is -2.30. The van der Waals surface area contributed by atoms with Crippen molar-refractivity contribution in [2.75, 3.05) is 26.3 Å². The molecule has 2 aliphatic rings. The standard InChI is InChI=1S/C10H11NO3/c12-9-2-1-8(7-10(9)13)11-3-5-14-6-4-11/h1-2,7H,3-6H2. The van der Waals surface area contributed by atoms with Crippen molar-refractivity contribution in [2.24, 2.45) is 0 Å². The van der Waals surface area contributed by atoms with Crippen molar-refractivity contribution in [1.82, 2.24) is 4.90 Å². The van der Waals surface area contributed by atoms with Crippen LogP contribution in [-0.4, -0.2) is 42.8 Å². The number of carbonyl (C=O) groups is 2. The van der Waals surface area contributed by atoms with Crippen molar-refractivity contribution in [3.63, 3.8) is 0 Å². The molecule has 0 bridgehead atoms. The summed E-state index contributed by atoms with van der Waals surface area (Å²) in [5, 5.41) is 0. The van der Waals surface area contributed by atoms with Crippen LogP contribution in [0.3, 0.4) is 0 Å². The van der Waals surface area contributed by atoms with Crippen LogP contribution < -0.4 is 0 Å². The van der Waals surface area contributed by atoms with Gasteiger partial charge in [-0.25, -0.2) is 0 Å². The van der Waals surface area contributed by atoms with Crippen LogP contribution in [0, 0.1) is 0 Å². The molecule has 0 saturated carbocycles. The van der Waals surface area contributed by atoms with E-state index in [1.807, 2.05) is 4.90 Å². The van der Waals surface area contributed by atoms with Crippen molar-refractivity contribution >= 4 is 11.6 Å². The van der Waals surface area contributed by atoms with Crippen LogP contribution in [0.1, 0.15) is 0 Å². The SMILES string of the molecule is O=C1C=CC(N2CCOCC2)=CC1=O. The molecule has 0 radical (unpaired) electrons. The number of morpholine rings is 1. The monoisotopic (exact) mass is 193 g/mol. The molecule has 1 saturated heterocycles. The van der Waals surface area contributed by atoms with E-state index >= 15 is 0 Å². The molecule has 0 aromatic rings. The Morgan fingerprint density at radius 2 is 1.79 bits per heavy atom. The van der Waals surface area contributed by atoms with E-state index in [0.29, 0.717) is 13.2 Å². The van der Waals surface area contributed by atoms with Gasteiger partial charge in [-0.1, -0.05) is 0 Å². The predicted molar refractivity (Wildman–Crippen MR) is 49.6 cm³/mol. The van der Waals surface area contributed by atoms with E-state index in [1.165, 1.54) is 12.2 Å². The highest BCUT2D eigenvalue weighted by Crippen LogP contribution is 2.12. The number of ether oxygens (including phenoxy) is 1. The van der Waals surface area contributed by atoms with Gasteiger partial charge in [0.05, 0.1) is 13.2 Å². The van der Waals surface area contributed by atoms with Gasteiger partial charge in [0.1, 0.15) is 0 Å². The Hall–Kier alpha value is -1.42. The molecular formula is C10H11NO3. The quantitative estimate of drug-likeness (QED) is 0.431. The smallest absolute Gasteiger partial charge is 0.227 e. The number of carbonyl (C=O) groups excluding carboxylic acids is 2. The van der Waals surface area contributed by atoms with Gasteiger partial charge in [-0.05, 0) is 12.2 Å². The lowest BCUT2D eigenvalue weighted by molar-refractivity contribution is -0.131. The molecule has 0 amide bonds. The molecule has 0 aromatic heterocycles. The second-order valence-corrected chi connectivity index (χ2v) is 3.23. The van der Waals surface area contributed by atoms with E-state index in [0.717, 1.165) is 18.8 Å². The largest absolute Gasteiger partial charge is 0.378 e. The molecule has 1 heterocycles. The highest BCUT2D eigenvalue weighted by Gasteiger charge is 2.18. The minimum atomic E-state index is -0.443. The van der Waals surface area contributed by atoms with Gasteiger partial charge >= 0.3 is 0 Å². The summed E-state index contributed by atoms with van der Waals surface area (Å²) < 4.78 is 5.19. The first-order valence-corrected chi connectivity index (χ1v) is 4.58. The highest BCUT2D eigenvalue weighted by molar-refractivity contribution is 6.46. The molecule has 0 aromatic carbocycles. The molecule has 1 fully saturated rings. The van der Waals surface area contributed by atoms with Crippen molar-refractivity contribution in [2.45, 2.75) is 0 Å². The second kappa shape index (κ2) is 3.75. The van der Waals surface area contributed by atoms with Gasteiger partial charge in [-0.2, -0.15) is 0 Å². The maximum atomic E-state index is 11.1. The number of hydrogen-bond acceptors (Lipinski definition) is 4. The van der Waals surface area contributed by atoms with Gasteiger partial charge in [0.25, 0.3) is 0 Å². The molecule has 4 heteroatoms. The average Bonchev–Trinajstić information content (AvgIpc) is 2.23. The molecule has 0 spiro atoms. The fourth-order valence-electron chi connectivity index (χ4n) is 1.52. The topological polar surface area (TPSA) is 46.6 Å². The fourth-order valence-corrected chi connectivity index (χ4v) is 1.52. The molecule has 0 unspecified atom stereocenters. The number of nitrogens with zero attached hydrogens (tertiary/aromatic N) is 1. The van der Waals surface area contributed by atoms with Gasteiger partial charge in [0, 0.05) is 24.9 Å². The van der Waals surface area contributed by atoms with E-state index < -0.39 is 11.6 Å². The molecule has 0 N–H and O–H groups in total. The Bertz CT molecular complexity index is 324. The van der Waals surface area contributed by atoms with Crippen LogP contribution in [0.4, 0.5) is 0 Å². The summed E-state index contributed by atoms with van der Waals surface area (Å²) in [4.78, 5) is 24.1. The van der Waals surface area contributed by atoms with E-state index in [2.05, 4.69) is 0 Å². The zero-order chi connectivity index (χ0) is 9.97. The lowest BCUT2D eigenvalue weighted by atomic mass is 10.1. The summed E-state index contributed by atoms with van der Waals surface area (Å²) in [6, 6.07) is 0. The molecule has 74 valence electrons. The van der Waals surface area contributed by atoms with Crippen LogP contribution in [0.2, 0.25) is 0 Å². The Balaban J connectivity index is 2.11. The number of rotatable bonds is 1. The first kappa shape index (κ1) is 9.15. The van der Waals surface area contributed by atoms with E-state index in [9.17, 15) is 9.59 Å². The Morgan fingerprint density at radius 1 is 1.07 bits per heavy atom. The fraction of sp³-hybridized carbons (Fsp3) is 0.400. The summed E-state index contributed by atoms with van der Waals surface area (Å²) in [6.45, 7) is 2.90. The zero-order valence-corrected chi connectivity index (χ0v) is 7.73. The first-order valence-electron chi connectivity index (χ1n) is 4.58. The summed E-state index contributed by atoms with van der Waals surface area (Å²) in [5.41, 5.74) is 0.818. The van der Waals surface area contributed by atoms with Crippen molar-refractivity contribution in [3.8, 4) is 0 Å². The van der Waals surface area contributed by atoms with Crippen LogP contribution in [-0.2, 0) is 14.3 Å². The molecule has 14 heavy (non-hydrogen) atoms. The Kier molecular flexibility index (Phi) is 2.45. The van der Waals surface area contributed by atoms with Gasteiger partial charge in [-0.15, -0.1) is 0 Å². The van der Waals surface area contributed by atoms with Gasteiger partial charge in [0.15, 0.2) is 0 Å². The maximum absolute atomic E-state index is 11.1. The summed E-state index contributed by atoms with van der Waals surface area (Å²) >= 11 is 0. The molecule has 1 aliphatic carbocycles. The third-order valence-electron chi connectivity index (χ3n) is 2.30. The van der Waals surface area contributed by atoms with Crippen molar-refractivity contribution < 1.29 is 14.3 Å². The first-order chi connectivity index (χ1) is 6.77. The molecule has 0 atom stereocenters. The third kappa shape index (κ3) is 1.75. The maximum Gasteiger partial charge on any atom is 0.227 e. The van der Waals surface area contributed by atoms with Gasteiger partial charge < -0.3 is 9.64 Å². The summed E-state index contributed by atoms with van der Waals surface area (Å²) in [5.74, 6) is -0.879. The van der Waals surface area contributed by atoms with Crippen LogP contribution in [0.25, 0.3) is 0 Å². The minimum absolute atomic E-state index is 0.436. The van der Waals surface area contributed by atoms with Crippen molar-refractivity contribution in [1.29, 1.82) is 0 Å². The normalized spacial score (nSPS) is 22.6. The van der Waals surface area contributed by atoms with Gasteiger partial charge in [-0.3, -0.25) is 9.59 Å². The van der Waals surface area contributed by atoms with E-state index in [1.54, 1.807) is 6.08 Å². The lowest BCUT2D eigenvalue weighted by Crippen LogP contribution is -2.36. The van der Waals surface area contributed by atoms with Gasteiger partial charge in [0.2, 0.25) is 11.6 Å². The van der Waals surface area contributed by atoms with Crippen LogP contribution in [0.5, 0.6) is 0 Å². The molecule has 1 aliphatic heterocycles. The van der Waals surface area contributed by atoms with E-state index in [-0.39, 0.29) is 0 Å². The molecule has 4 nitrogen and oxygen atoms in total. The average molecular weight is 193 g/mol.